The molecular weight excluding hydrogens is 270 g/mol. The van der Waals surface area contributed by atoms with Crippen LogP contribution in [0.5, 0.6) is 5.75 Å². The van der Waals surface area contributed by atoms with Crippen molar-refractivity contribution in [3.05, 3.63) is 52.9 Å². The van der Waals surface area contributed by atoms with E-state index in [1.165, 1.54) is 0 Å². The van der Waals surface area contributed by atoms with Crippen molar-refractivity contribution >= 4 is 23.4 Å². The zero-order valence-electron chi connectivity index (χ0n) is 11.3. The highest BCUT2D eigenvalue weighted by Gasteiger charge is 2.13. The second-order valence-electron chi connectivity index (χ2n) is 4.62. The number of hydrogen-bond acceptors (Lipinski definition) is 3. The molecule has 0 saturated heterocycles. The summed E-state index contributed by atoms with van der Waals surface area (Å²) in [5.74, 6) is 0.849. The average molecular weight is 285 g/mol. The van der Waals surface area contributed by atoms with E-state index >= 15 is 0 Å². The fourth-order valence-electron chi connectivity index (χ4n) is 2.35. The summed E-state index contributed by atoms with van der Waals surface area (Å²) in [5.41, 5.74) is 2.99. The van der Waals surface area contributed by atoms with Crippen LogP contribution >= 0.6 is 12.2 Å². The number of imidazole rings is 1. The van der Waals surface area contributed by atoms with Crippen LogP contribution in [-0.2, 0) is 0 Å². The van der Waals surface area contributed by atoms with Gasteiger partial charge in [-0.25, -0.2) is 4.98 Å². The van der Waals surface area contributed by atoms with E-state index in [0.29, 0.717) is 4.77 Å². The Morgan fingerprint density at radius 3 is 2.70 bits per heavy atom. The van der Waals surface area contributed by atoms with Crippen molar-refractivity contribution in [3.63, 3.8) is 0 Å². The van der Waals surface area contributed by atoms with E-state index in [2.05, 4.69) is 16.9 Å². The van der Waals surface area contributed by atoms with Gasteiger partial charge in [0, 0.05) is 6.20 Å². The standard InChI is InChI=1S/C15H15N3OS/c1-10(11-5-7-12(19-2)8-6-11)18-14-13(17-15(18)20)4-3-9-16-14/h3-10H,1-2H3,(H,17,20). The van der Waals surface area contributed by atoms with Gasteiger partial charge in [-0.15, -0.1) is 0 Å². The summed E-state index contributed by atoms with van der Waals surface area (Å²) < 4.78 is 7.90. The number of nitrogens with zero attached hydrogens (tertiary/aromatic N) is 2. The predicted octanol–water partition coefficient (Wildman–Crippen LogP) is 3.71. The maximum atomic E-state index is 5.42. The topological polar surface area (TPSA) is 42.8 Å². The minimum atomic E-state index is 0.108. The van der Waals surface area contributed by atoms with Gasteiger partial charge in [-0.2, -0.15) is 0 Å². The van der Waals surface area contributed by atoms with Crippen molar-refractivity contribution in [2.45, 2.75) is 13.0 Å². The molecule has 1 N–H and O–H groups in total. The molecule has 2 heterocycles. The molecule has 3 rings (SSSR count). The van der Waals surface area contributed by atoms with Crippen LogP contribution in [0.3, 0.4) is 0 Å². The number of fused-ring (bicyclic) bond motifs is 1. The molecule has 0 fully saturated rings. The Morgan fingerprint density at radius 1 is 1.25 bits per heavy atom. The van der Waals surface area contributed by atoms with E-state index in [1.807, 2.05) is 41.0 Å². The van der Waals surface area contributed by atoms with E-state index in [4.69, 9.17) is 17.0 Å². The zero-order chi connectivity index (χ0) is 14.1. The lowest BCUT2D eigenvalue weighted by atomic mass is 10.1. The highest BCUT2D eigenvalue weighted by molar-refractivity contribution is 7.71. The molecule has 4 nitrogen and oxygen atoms in total. The van der Waals surface area contributed by atoms with Crippen molar-refractivity contribution < 1.29 is 4.74 Å². The molecule has 1 aromatic carbocycles. The van der Waals surface area contributed by atoms with E-state index in [1.54, 1.807) is 13.3 Å². The van der Waals surface area contributed by atoms with Crippen molar-refractivity contribution in [2.75, 3.05) is 7.11 Å². The number of rotatable bonds is 3. The second-order valence-corrected chi connectivity index (χ2v) is 5.01. The lowest BCUT2D eigenvalue weighted by molar-refractivity contribution is 0.414. The Morgan fingerprint density at radius 2 is 2.00 bits per heavy atom. The first-order valence-corrected chi connectivity index (χ1v) is 6.80. The normalized spacial score (nSPS) is 12.5. The Balaban J connectivity index is 2.09. The first kappa shape index (κ1) is 12.9. The van der Waals surface area contributed by atoms with Gasteiger partial charge in [-0.05, 0) is 49.0 Å². The van der Waals surface area contributed by atoms with Crippen LogP contribution in [0.15, 0.2) is 42.6 Å². The quantitative estimate of drug-likeness (QED) is 0.746. The molecule has 3 aromatic rings. The van der Waals surface area contributed by atoms with Crippen LogP contribution in [0.4, 0.5) is 0 Å². The monoisotopic (exact) mass is 285 g/mol. The van der Waals surface area contributed by atoms with Crippen LogP contribution in [0.1, 0.15) is 18.5 Å². The molecule has 0 spiro atoms. The van der Waals surface area contributed by atoms with Gasteiger partial charge in [-0.1, -0.05) is 12.1 Å². The average Bonchev–Trinajstić information content (AvgIpc) is 2.82. The Hall–Kier alpha value is -2.14. The maximum absolute atomic E-state index is 5.42. The first-order chi connectivity index (χ1) is 9.70. The van der Waals surface area contributed by atoms with E-state index in [0.717, 1.165) is 22.5 Å². The lowest BCUT2D eigenvalue weighted by Gasteiger charge is -2.15. The number of hydrogen-bond donors (Lipinski definition) is 1. The fourth-order valence-corrected chi connectivity index (χ4v) is 2.70. The SMILES string of the molecule is COc1ccc(C(C)n2c(=S)[nH]c3cccnc32)cc1. The van der Waals surface area contributed by atoms with E-state index in [9.17, 15) is 0 Å². The number of nitrogens with one attached hydrogen (secondary N) is 1. The third kappa shape index (κ3) is 2.10. The molecule has 0 bridgehead atoms. The summed E-state index contributed by atoms with van der Waals surface area (Å²) in [6, 6.07) is 12.0. The summed E-state index contributed by atoms with van der Waals surface area (Å²) in [6.45, 7) is 2.11. The van der Waals surface area contributed by atoms with Crippen LogP contribution in [-0.4, -0.2) is 21.6 Å². The Kier molecular flexibility index (Phi) is 3.28. The summed E-state index contributed by atoms with van der Waals surface area (Å²) in [7, 11) is 1.66. The molecule has 0 amide bonds. The van der Waals surface area contributed by atoms with Crippen LogP contribution in [0.25, 0.3) is 11.2 Å². The van der Waals surface area contributed by atoms with Gasteiger partial charge in [0.25, 0.3) is 0 Å². The largest absolute Gasteiger partial charge is 0.497 e. The summed E-state index contributed by atoms with van der Waals surface area (Å²) in [6.07, 6.45) is 1.78. The number of methoxy groups -OCH3 is 1. The molecule has 0 radical (unpaired) electrons. The zero-order valence-corrected chi connectivity index (χ0v) is 12.1. The molecule has 102 valence electrons. The second kappa shape index (κ2) is 5.09. The number of aromatic amines is 1. The third-order valence-corrected chi connectivity index (χ3v) is 3.76. The Labute approximate surface area is 122 Å². The molecule has 20 heavy (non-hydrogen) atoms. The highest BCUT2D eigenvalue weighted by Crippen LogP contribution is 2.24. The van der Waals surface area contributed by atoms with Crippen molar-refractivity contribution in [1.82, 2.24) is 14.5 Å². The van der Waals surface area contributed by atoms with Gasteiger partial charge >= 0.3 is 0 Å². The molecular formula is C15H15N3OS. The maximum Gasteiger partial charge on any atom is 0.179 e. The Bertz CT molecular complexity index is 789. The number of ether oxygens (including phenoxy) is 1. The molecule has 2 aromatic heterocycles. The van der Waals surface area contributed by atoms with Crippen molar-refractivity contribution in [2.24, 2.45) is 0 Å². The van der Waals surface area contributed by atoms with Gasteiger partial charge in [0.2, 0.25) is 0 Å². The van der Waals surface area contributed by atoms with Gasteiger partial charge < -0.3 is 9.72 Å². The number of aromatic nitrogens is 3. The van der Waals surface area contributed by atoms with E-state index in [-0.39, 0.29) is 6.04 Å². The summed E-state index contributed by atoms with van der Waals surface area (Å²) in [5, 5.41) is 0. The summed E-state index contributed by atoms with van der Waals surface area (Å²) in [4.78, 5) is 7.61. The minimum absolute atomic E-state index is 0.108. The smallest absolute Gasteiger partial charge is 0.179 e. The van der Waals surface area contributed by atoms with Crippen LogP contribution < -0.4 is 4.74 Å². The lowest BCUT2D eigenvalue weighted by Crippen LogP contribution is -2.07. The van der Waals surface area contributed by atoms with Crippen molar-refractivity contribution in [1.29, 1.82) is 0 Å². The first-order valence-electron chi connectivity index (χ1n) is 6.40. The van der Waals surface area contributed by atoms with Gasteiger partial charge in [0.05, 0.1) is 18.7 Å². The van der Waals surface area contributed by atoms with E-state index < -0.39 is 0 Å². The molecule has 0 saturated carbocycles. The van der Waals surface area contributed by atoms with Crippen molar-refractivity contribution in [3.8, 4) is 5.75 Å². The van der Waals surface area contributed by atoms with Gasteiger partial charge in [0.15, 0.2) is 10.4 Å². The predicted molar refractivity (Wildman–Crippen MR) is 81.7 cm³/mol. The minimum Gasteiger partial charge on any atom is -0.497 e. The number of H-pyrrole nitrogens is 1. The molecule has 0 aliphatic carbocycles. The van der Waals surface area contributed by atoms with Gasteiger partial charge in [0.1, 0.15) is 5.75 Å². The highest BCUT2D eigenvalue weighted by atomic mass is 32.1. The fraction of sp³-hybridized carbons (Fsp3) is 0.200. The van der Waals surface area contributed by atoms with Gasteiger partial charge in [-0.3, -0.25) is 4.57 Å². The van der Waals surface area contributed by atoms with Crippen LogP contribution in [0.2, 0.25) is 0 Å². The van der Waals surface area contributed by atoms with Crippen LogP contribution in [0, 0.1) is 4.77 Å². The molecule has 1 unspecified atom stereocenters. The number of pyridine rings is 1. The number of benzene rings is 1. The molecule has 0 aliphatic rings. The molecule has 5 heteroatoms. The third-order valence-electron chi connectivity index (χ3n) is 3.46. The summed E-state index contributed by atoms with van der Waals surface area (Å²) >= 11 is 5.42. The molecule has 1 atom stereocenters. The molecule has 0 aliphatic heterocycles.